The van der Waals surface area contributed by atoms with Crippen molar-refractivity contribution in [2.45, 2.75) is 18.9 Å². The van der Waals surface area contributed by atoms with Gasteiger partial charge in [-0.25, -0.2) is 0 Å². The van der Waals surface area contributed by atoms with Crippen LogP contribution in [0.25, 0.3) is 0 Å². The SMILES string of the molecule is O=[C]C1C[CH]CCO1. The van der Waals surface area contributed by atoms with E-state index in [1.165, 1.54) is 0 Å². The van der Waals surface area contributed by atoms with Crippen molar-refractivity contribution in [3.05, 3.63) is 6.42 Å². The molecule has 0 saturated carbocycles. The third kappa shape index (κ3) is 1.30. The second kappa shape index (κ2) is 2.82. The fourth-order valence-electron chi connectivity index (χ4n) is 0.713. The van der Waals surface area contributed by atoms with Crippen molar-refractivity contribution < 1.29 is 9.53 Å². The molecule has 0 aromatic carbocycles. The third-order valence-electron chi connectivity index (χ3n) is 1.15. The normalized spacial score (nSPS) is 29.8. The predicted octanol–water partition coefficient (Wildman–Crippen LogP) is 0.479. The van der Waals surface area contributed by atoms with Crippen molar-refractivity contribution in [3.63, 3.8) is 0 Å². The lowest BCUT2D eigenvalue weighted by Crippen LogP contribution is -2.20. The molecular formula is C6H8O2. The van der Waals surface area contributed by atoms with Gasteiger partial charge in [0, 0.05) is 6.61 Å². The lowest BCUT2D eigenvalue weighted by Gasteiger charge is -2.15. The number of carbonyl (C=O) groups excluding carboxylic acids is 1. The molecule has 1 unspecified atom stereocenters. The zero-order valence-corrected chi connectivity index (χ0v) is 4.59. The summed E-state index contributed by atoms with van der Waals surface area (Å²) in [5, 5.41) is 0. The summed E-state index contributed by atoms with van der Waals surface area (Å²) in [4.78, 5) is 9.89. The Morgan fingerprint density at radius 2 is 2.62 bits per heavy atom. The first-order chi connectivity index (χ1) is 3.93. The minimum Gasteiger partial charge on any atom is -0.370 e. The van der Waals surface area contributed by atoms with Crippen LogP contribution in [0.4, 0.5) is 0 Å². The molecule has 1 rings (SSSR count). The molecule has 0 spiro atoms. The van der Waals surface area contributed by atoms with Crippen LogP contribution in [0.15, 0.2) is 0 Å². The smallest absolute Gasteiger partial charge is 0.229 e. The highest BCUT2D eigenvalue weighted by atomic mass is 16.5. The molecule has 0 aliphatic carbocycles. The molecule has 44 valence electrons. The van der Waals surface area contributed by atoms with Crippen LogP contribution in [0.1, 0.15) is 12.8 Å². The summed E-state index contributed by atoms with van der Waals surface area (Å²) >= 11 is 0. The Morgan fingerprint density at radius 1 is 1.75 bits per heavy atom. The summed E-state index contributed by atoms with van der Waals surface area (Å²) in [6, 6.07) is 0. The van der Waals surface area contributed by atoms with Gasteiger partial charge < -0.3 is 4.74 Å². The summed E-state index contributed by atoms with van der Waals surface area (Å²) in [6.45, 7) is 0.680. The summed E-state index contributed by atoms with van der Waals surface area (Å²) in [7, 11) is 0. The van der Waals surface area contributed by atoms with Crippen LogP contribution in [0.2, 0.25) is 0 Å². The molecule has 0 amide bonds. The lowest BCUT2D eigenvalue weighted by atomic mass is 10.1. The summed E-state index contributed by atoms with van der Waals surface area (Å²) < 4.78 is 4.97. The zero-order chi connectivity index (χ0) is 5.82. The third-order valence-corrected chi connectivity index (χ3v) is 1.15. The van der Waals surface area contributed by atoms with Gasteiger partial charge in [-0.05, 0) is 19.3 Å². The molecule has 2 radical (unpaired) electrons. The van der Waals surface area contributed by atoms with Crippen molar-refractivity contribution in [1.82, 2.24) is 0 Å². The Bertz CT molecular complexity index is 74.6. The second-order valence-electron chi connectivity index (χ2n) is 1.79. The molecule has 0 bridgehead atoms. The van der Waals surface area contributed by atoms with Crippen LogP contribution < -0.4 is 0 Å². The minimum atomic E-state index is -0.274. The molecule has 1 heterocycles. The van der Waals surface area contributed by atoms with Gasteiger partial charge in [-0.1, -0.05) is 0 Å². The summed E-state index contributed by atoms with van der Waals surface area (Å²) in [6.07, 6.45) is 5.29. The highest BCUT2D eigenvalue weighted by Crippen LogP contribution is 2.08. The van der Waals surface area contributed by atoms with E-state index in [2.05, 4.69) is 6.42 Å². The first-order valence-corrected chi connectivity index (χ1v) is 2.74. The topological polar surface area (TPSA) is 26.3 Å². The van der Waals surface area contributed by atoms with Crippen molar-refractivity contribution in [2.75, 3.05) is 6.61 Å². The van der Waals surface area contributed by atoms with E-state index in [1.807, 2.05) is 0 Å². The molecule has 1 aliphatic heterocycles. The van der Waals surface area contributed by atoms with Gasteiger partial charge in [-0.2, -0.15) is 0 Å². The van der Waals surface area contributed by atoms with Gasteiger partial charge in [0.15, 0.2) is 0 Å². The molecule has 8 heavy (non-hydrogen) atoms. The van der Waals surface area contributed by atoms with Crippen molar-refractivity contribution >= 4 is 6.29 Å². The van der Waals surface area contributed by atoms with Crippen LogP contribution in [0, 0.1) is 6.42 Å². The molecule has 1 atom stereocenters. The van der Waals surface area contributed by atoms with Crippen molar-refractivity contribution in [1.29, 1.82) is 0 Å². The highest BCUT2D eigenvalue weighted by Gasteiger charge is 2.12. The van der Waals surface area contributed by atoms with Crippen LogP contribution in [0.3, 0.4) is 0 Å². The first kappa shape index (κ1) is 5.76. The Labute approximate surface area is 48.8 Å². The van der Waals surface area contributed by atoms with Gasteiger partial charge >= 0.3 is 0 Å². The molecule has 2 nitrogen and oxygen atoms in total. The van der Waals surface area contributed by atoms with E-state index in [9.17, 15) is 4.79 Å². The zero-order valence-electron chi connectivity index (χ0n) is 4.59. The average molecular weight is 112 g/mol. The fraction of sp³-hybridized carbons (Fsp3) is 0.667. The van der Waals surface area contributed by atoms with E-state index in [4.69, 9.17) is 4.74 Å². The molecule has 2 heteroatoms. The highest BCUT2D eigenvalue weighted by molar-refractivity contribution is 5.57. The van der Waals surface area contributed by atoms with E-state index in [1.54, 1.807) is 6.29 Å². The molecule has 0 N–H and O–H groups in total. The largest absolute Gasteiger partial charge is 0.370 e. The van der Waals surface area contributed by atoms with Gasteiger partial charge in [0.1, 0.15) is 6.10 Å². The van der Waals surface area contributed by atoms with Gasteiger partial charge in [0.05, 0.1) is 0 Å². The molecule has 1 aliphatic rings. The van der Waals surface area contributed by atoms with Crippen LogP contribution >= 0.6 is 0 Å². The fourth-order valence-corrected chi connectivity index (χ4v) is 0.713. The van der Waals surface area contributed by atoms with Crippen molar-refractivity contribution in [3.8, 4) is 0 Å². The average Bonchev–Trinajstić information content (AvgIpc) is 1.90. The number of rotatable bonds is 1. The quantitative estimate of drug-likeness (QED) is 0.493. The molecule has 1 saturated heterocycles. The number of ether oxygens (including phenoxy) is 1. The maximum Gasteiger partial charge on any atom is 0.229 e. The standard InChI is InChI=1S/C6H8O2/c7-5-6-3-1-2-4-8-6/h1,6H,2-4H2. The van der Waals surface area contributed by atoms with E-state index < -0.39 is 0 Å². The molecule has 1 fully saturated rings. The molecule has 0 aromatic rings. The van der Waals surface area contributed by atoms with Crippen LogP contribution in [-0.4, -0.2) is 19.0 Å². The second-order valence-corrected chi connectivity index (χ2v) is 1.79. The van der Waals surface area contributed by atoms with E-state index >= 15 is 0 Å². The van der Waals surface area contributed by atoms with Gasteiger partial charge in [-0.15, -0.1) is 0 Å². The van der Waals surface area contributed by atoms with Crippen LogP contribution in [-0.2, 0) is 9.53 Å². The minimum absolute atomic E-state index is 0.274. The van der Waals surface area contributed by atoms with E-state index in [-0.39, 0.29) is 6.10 Å². The Balaban J connectivity index is 2.22. The molecule has 0 aromatic heterocycles. The van der Waals surface area contributed by atoms with E-state index in [0.29, 0.717) is 6.61 Å². The van der Waals surface area contributed by atoms with E-state index in [0.717, 1.165) is 12.8 Å². The lowest BCUT2D eigenvalue weighted by molar-refractivity contribution is 0.0759. The van der Waals surface area contributed by atoms with Gasteiger partial charge in [0.2, 0.25) is 6.29 Å². The Morgan fingerprint density at radius 3 is 3.00 bits per heavy atom. The monoisotopic (exact) mass is 112 g/mol. The number of hydrogen-bond acceptors (Lipinski definition) is 2. The number of hydrogen-bond donors (Lipinski definition) is 0. The maximum atomic E-state index is 9.89. The Hall–Kier alpha value is -0.370. The maximum absolute atomic E-state index is 9.89. The summed E-state index contributed by atoms with van der Waals surface area (Å²) in [5.74, 6) is 0. The summed E-state index contributed by atoms with van der Waals surface area (Å²) in [5.41, 5.74) is 0. The Kier molecular flexibility index (Phi) is 2.03. The van der Waals surface area contributed by atoms with Gasteiger partial charge in [-0.3, -0.25) is 4.79 Å². The van der Waals surface area contributed by atoms with Crippen LogP contribution in [0.5, 0.6) is 0 Å². The first-order valence-electron chi connectivity index (χ1n) is 2.74. The predicted molar refractivity (Wildman–Crippen MR) is 29.0 cm³/mol. The molecular weight excluding hydrogens is 104 g/mol. The van der Waals surface area contributed by atoms with Gasteiger partial charge in [0.25, 0.3) is 0 Å². The van der Waals surface area contributed by atoms with Crippen molar-refractivity contribution in [2.24, 2.45) is 0 Å².